The maximum absolute atomic E-state index is 10.9. The number of nitrogens with one attached hydrogen (secondary N) is 1. The SMILES string of the molecule is COc1ccc(COc2ccc([NH+]=O)c3c2C=CCO3)cc1. The summed E-state index contributed by atoms with van der Waals surface area (Å²) in [5.41, 5.74) is 2.22. The van der Waals surface area contributed by atoms with Gasteiger partial charge in [-0.2, -0.15) is 0 Å². The largest absolute Gasteiger partial charge is 0.497 e. The zero-order valence-corrected chi connectivity index (χ0v) is 12.2. The normalized spacial score (nSPS) is 12.2. The predicted molar refractivity (Wildman–Crippen MR) is 82.3 cm³/mol. The number of hydrogen-bond acceptors (Lipinski definition) is 4. The van der Waals surface area contributed by atoms with Crippen molar-refractivity contribution in [1.82, 2.24) is 0 Å². The maximum Gasteiger partial charge on any atom is 0.295 e. The Morgan fingerprint density at radius 1 is 1.18 bits per heavy atom. The van der Waals surface area contributed by atoms with Gasteiger partial charge in [0, 0.05) is 16.2 Å². The van der Waals surface area contributed by atoms with E-state index < -0.39 is 0 Å². The molecule has 1 aliphatic heterocycles. The number of methoxy groups -OCH3 is 1. The Kier molecular flexibility index (Phi) is 4.05. The van der Waals surface area contributed by atoms with Gasteiger partial charge in [0.05, 0.1) is 12.7 Å². The van der Waals surface area contributed by atoms with Crippen LogP contribution in [-0.4, -0.2) is 13.7 Å². The van der Waals surface area contributed by atoms with Gasteiger partial charge in [0.1, 0.15) is 24.7 Å². The highest BCUT2D eigenvalue weighted by Gasteiger charge is 2.20. The van der Waals surface area contributed by atoms with E-state index in [1.165, 1.54) is 0 Å². The van der Waals surface area contributed by atoms with Crippen molar-refractivity contribution in [3.8, 4) is 17.2 Å². The molecule has 1 N–H and O–H groups in total. The van der Waals surface area contributed by atoms with Crippen molar-refractivity contribution in [2.75, 3.05) is 13.7 Å². The van der Waals surface area contributed by atoms with Crippen LogP contribution in [0.1, 0.15) is 11.1 Å². The molecule has 0 unspecified atom stereocenters. The molecule has 1 aliphatic rings. The predicted octanol–water partition coefficient (Wildman–Crippen LogP) is 2.16. The minimum Gasteiger partial charge on any atom is -0.497 e. The van der Waals surface area contributed by atoms with Gasteiger partial charge in [-0.25, -0.2) is 0 Å². The van der Waals surface area contributed by atoms with Gasteiger partial charge in [-0.05, 0) is 35.9 Å². The van der Waals surface area contributed by atoms with Crippen LogP contribution in [0.5, 0.6) is 17.2 Å². The molecule has 112 valence electrons. The summed E-state index contributed by atoms with van der Waals surface area (Å²) >= 11 is 0. The molecule has 0 saturated carbocycles. The van der Waals surface area contributed by atoms with E-state index in [4.69, 9.17) is 14.2 Å². The second-order valence-corrected chi connectivity index (χ2v) is 4.81. The number of nitroso groups, excluding NO2 is 1. The minimum absolute atomic E-state index is 0.413. The van der Waals surface area contributed by atoms with Gasteiger partial charge in [0.15, 0.2) is 0 Å². The van der Waals surface area contributed by atoms with E-state index in [9.17, 15) is 4.91 Å². The van der Waals surface area contributed by atoms with Crippen molar-refractivity contribution >= 4 is 11.8 Å². The number of benzene rings is 2. The third kappa shape index (κ3) is 2.79. The maximum atomic E-state index is 10.9. The van der Waals surface area contributed by atoms with Gasteiger partial charge in [-0.15, -0.1) is 0 Å². The molecule has 0 aliphatic carbocycles. The smallest absolute Gasteiger partial charge is 0.295 e. The van der Waals surface area contributed by atoms with Crippen LogP contribution in [0, 0.1) is 4.91 Å². The van der Waals surface area contributed by atoms with E-state index in [1.54, 1.807) is 19.2 Å². The van der Waals surface area contributed by atoms with Gasteiger partial charge in [0.25, 0.3) is 5.69 Å². The van der Waals surface area contributed by atoms with Gasteiger partial charge in [-0.1, -0.05) is 12.1 Å². The summed E-state index contributed by atoms with van der Waals surface area (Å²) in [5.74, 6) is 2.02. The van der Waals surface area contributed by atoms with Crippen molar-refractivity contribution in [3.63, 3.8) is 0 Å². The highest BCUT2D eigenvalue weighted by Crippen LogP contribution is 2.37. The zero-order chi connectivity index (χ0) is 15.4. The molecule has 0 bridgehead atoms. The summed E-state index contributed by atoms with van der Waals surface area (Å²) in [6.45, 7) is 0.873. The Hall–Kier alpha value is -2.82. The molecule has 2 aromatic carbocycles. The van der Waals surface area contributed by atoms with Gasteiger partial charge in [-0.3, -0.25) is 0 Å². The number of rotatable bonds is 5. The Labute approximate surface area is 128 Å². The van der Waals surface area contributed by atoms with Crippen LogP contribution >= 0.6 is 0 Å². The number of ether oxygens (including phenoxy) is 3. The molecule has 22 heavy (non-hydrogen) atoms. The molecule has 0 spiro atoms. The Morgan fingerprint density at radius 2 is 2.00 bits per heavy atom. The van der Waals surface area contributed by atoms with Crippen molar-refractivity contribution in [2.24, 2.45) is 0 Å². The standard InChI is InChI=1S/C17H15NO4/c1-20-13-6-4-12(5-7-13)11-22-16-9-8-15(18-19)17-14(16)3-2-10-21-17/h2-9H,10-11H2,1H3/p+1. The lowest BCUT2D eigenvalue weighted by Crippen LogP contribution is -2.56. The lowest BCUT2D eigenvalue weighted by atomic mass is 10.1. The van der Waals surface area contributed by atoms with Crippen LogP contribution in [0.25, 0.3) is 6.08 Å². The minimum atomic E-state index is 0.413. The highest BCUT2D eigenvalue weighted by molar-refractivity contribution is 5.71. The molecule has 3 rings (SSSR count). The fraction of sp³-hybridized carbons (Fsp3) is 0.176. The Bertz CT molecular complexity index is 707. The highest BCUT2D eigenvalue weighted by atomic mass is 16.5. The van der Waals surface area contributed by atoms with Crippen LogP contribution < -0.4 is 19.4 Å². The molecule has 0 atom stereocenters. The van der Waals surface area contributed by atoms with E-state index >= 15 is 0 Å². The fourth-order valence-corrected chi connectivity index (χ4v) is 2.28. The summed E-state index contributed by atoms with van der Waals surface area (Å²) < 4.78 is 16.5. The summed E-state index contributed by atoms with van der Waals surface area (Å²) in [6.07, 6.45) is 3.79. The molecule has 0 fully saturated rings. The van der Waals surface area contributed by atoms with Crippen LogP contribution in [-0.2, 0) is 6.61 Å². The molecule has 0 aromatic heterocycles. The molecule has 2 aromatic rings. The van der Waals surface area contributed by atoms with Crippen molar-refractivity contribution < 1.29 is 19.4 Å². The molecule has 0 radical (unpaired) electrons. The van der Waals surface area contributed by atoms with E-state index in [1.807, 2.05) is 41.6 Å². The Morgan fingerprint density at radius 3 is 2.73 bits per heavy atom. The summed E-state index contributed by atoms with van der Waals surface area (Å²) in [6, 6.07) is 11.1. The second-order valence-electron chi connectivity index (χ2n) is 4.81. The van der Waals surface area contributed by atoms with E-state index in [-0.39, 0.29) is 0 Å². The fourth-order valence-electron chi connectivity index (χ4n) is 2.28. The second kappa shape index (κ2) is 6.30. The van der Waals surface area contributed by atoms with Gasteiger partial charge in [0.2, 0.25) is 5.75 Å². The lowest BCUT2D eigenvalue weighted by molar-refractivity contribution is -0.380. The third-order valence-electron chi connectivity index (χ3n) is 3.43. The Balaban J connectivity index is 1.80. The first-order valence-corrected chi connectivity index (χ1v) is 6.92. The first-order valence-electron chi connectivity index (χ1n) is 6.92. The van der Waals surface area contributed by atoms with Crippen LogP contribution in [0.2, 0.25) is 0 Å². The van der Waals surface area contributed by atoms with E-state index in [2.05, 4.69) is 0 Å². The van der Waals surface area contributed by atoms with Crippen molar-refractivity contribution in [1.29, 1.82) is 0 Å². The average Bonchev–Trinajstić information content (AvgIpc) is 2.60. The van der Waals surface area contributed by atoms with Gasteiger partial charge >= 0.3 is 0 Å². The summed E-state index contributed by atoms with van der Waals surface area (Å²) in [7, 11) is 1.63. The summed E-state index contributed by atoms with van der Waals surface area (Å²) in [4.78, 5) is 10.9. The quantitative estimate of drug-likeness (QED) is 0.919. The molecule has 0 saturated heterocycles. The molecular weight excluding hydrogens is 282 g/mol. The molecule has 5 nitrogen and oxygen atoms in total. The molecule has 0 amide bonds. The summed E-state index contributed by atoms with van der Waals surface area (Å²) in [5, 5.41) is 1.89. The van der Waals surface area contributed by atoms with E-state index in [0.29, 0.717) is 30.4 Å². The molecule has 5 heteroatoms. The number of fused-ring (bicyclic) bond motifs is 1. The first-order chi connectivity index (χ1) is 10.8. The lowest BCUT2D eigenvalue weighted by Gasteiger charge is -2.15. The van der Waals surface area contributed by atoms with Crippen molar-refractivity contribution in [2.45, 2.75) is 6.61 Å². The van der Waals surface area contributed by atoms with E-state index in [0.717, 1.165) is 16.9 Å². The first kappa shape index (κ1) is 14.1. The number of hydrogen-bond donors (Lipinski definition) is 1. The zero-order valence-electron chi connectivity index (χ0n) is 12.2. The average molecular weight is 298 g/mol. The monoisotopic (exact) mass is 298 g/mol. The molecule has 1 heterocycles. The van der Waals surface area contributed by atoms with Gasteiger partial charge < -0.3 is 14.2 Å². The third-order valence-corrected chi connectivity index (χ3v) is 3.43. The topological polar surface area (TPSA) is 58.7 Å². The van der Waals surface area contributed by atoms with Crippen LogP contribution in [0.3, 0.4) is 0 Å². The molecular formula is C17H16NO4+. The van der Waals surface area contributed by atoms with Crippen LogP contribution in [0.4, 0.5) is 5.69 Å². The van der Waals surface area contributed by atoms with Crippen molar-refractivity contribution in [3.05, 3.63) is 58.5 Å². The van der Waals surface area contributed by atoms with Crippen LogP contribution in [0.15, 0.2) is 42.5 Å².